The SMILES string of the molecule is CCCCNC(=S)N/N=C\c1csc(-c2ccc(Cl)cc2)n1. The van der Waals surface area contributed by atoms with E-state index in [0.29, 0.717) is 5.11 Å². The zero-order valence-electron chi connectivity index (χ0n) is 12.2. The first kappa shape index (κ1) is 16.9. The minimum atomic E-state index is 0.526. The minimum absolute atomic E-state index is 0.526. The van der Waals surface area contributed by atoms with E-state index in [1.54, 1.807) is 17.6 Å². The van der Waals surface area contributed by atoms with Gasteiger partial charge in [-0.2, -0.15) is 5.10 Å². The van der Waals surface area contributed by atoms with Crippen LogP contribution in [0.15, 0.2) is 34.7 Å². The Kier molecular flexibility index (Phi) is 6.76. The predicted molar refractivity (Wildman–Crippen MR) is 98.8 cm³/mol. The van der Waals surface area contributed by atoms with Gasteiger partial charge in [0.25, 0.3) is 0 Å². The maximum absolute atomic E-state index is 5.88. The molecule has 2 rings (SSSR count). The van der Waals surface area contributed by atoms with Crippen molar-refractivity contribution in [2.75, 3.05) is 6.54 Å². The Balaban J connectivity index is 1.87. The van der Waals surface area contributed by atoms with Crippen molar-refractivity contribution >= 4 is 46.5 Å². The molecule has 0 atom stereocenters. The van der Waals surface area contributed by atoms with E-state index in [9.17, 15) is 0 Å². The second-order valence-corrected chi connectivity index (χ2v) is 6.27. The summed E-state index contributed by atoms with van der Waals surface area (Å²) in [7, 11) is 0. The molecule has 2 aromatic rings. The van der Waals surface area contributed by atoms with Gasteiger partial charge in [-0.05, 0) is 30.8 Å². The smallest absolute Gasteiger partial charge is 0.186 e. The van der Waals surface area contributed by atoms with E-state index in [1.165, 1.54) is 0 Å². The largest absolute Gasteiger partial charge is 0.361 e. The molecule has 0 radical (unpaired) electrons. The Morgan fingerprint density at radius 1 is 1.41 bits per heavy atom. The third-order valence-electron chi connectivity index (χ3n) is 2.79. The van der Waals surface area contributed by atoms with Crippen LogP contribution in [0, 0.1) is 0 Å². The molecule has 1 aromatic carbocycles. The summed E-state index contributed by atoms with van der Waals surface area (Å²) in [6.45, 7) is 2.99. The first-order valence-electron chi connectivity index (χ1n) is 6.97. The fourth-order valence-electron chi connectivity index (χ4n) is 1.65. The highest BCUT2D eigenvalue weighted by Crippen LogP contribution is 2.24. The molecule has 0 aliphatic rings. The molecule has 0 fully saturated rings. The molecule has 0 bridgehead atoms. The van der Waals surface area contributed by atoms with Crippen molar-refractivity contribution in [1.82, 2.24) is 15.7 Å². The monoisotopic (exact) mass is 352 g/mol. The summed E-state index contributed by atoms with van der Waals surface area (Å²) in [5.41, 5.74) is 4.61. The predicted octanol–water partition coefficient (Wildman–Crippen LogP) is 4.06. The highest BCUT2D eigenvalue weighted by atomic mass is 35.5. The summed E-state index contributed by atoms with van der Waals surface area (Å²) >= 11 is 12.6. The van der Waals surface area contributed by atoms with Gasteiger partial charge >= 0.3 is 0 Å². The second-order valence-electron chi connectivity index (χ2n) is 4.56. The Morgan fingerprint density at radius 2 is 2.18 bits per heavy atom. The molecule has 0 aliphatic carbocycles. The first-order valence-corrected chi connectivity index (χ1v) is 8.64. The van der Waals surface area contributed by atoms with Crippen LogP contribution >= 0.6 is 35.2 Å². The molecule has 4 nitrogen and oxygen atoms in total. The zero-order valence-corrected chi connectivity index (χ0v) is 14.6. The third-order valence-corrected chi connectivity index (χ3v) is 4.19. The molecular weight excluding hydrogens is 336 g/mol. The van der Waals surface area contributed by atoms with E-state index in [0.717, 1.165) is 40.7 Å². The zero-order chi connectivity index (χ0) is 15.8. The highest BCUT2D eigenvalue weighted by molar-refractivity contribution is 7.80. The van der Waals surface area contributed by atoms with Gasteiger partial charge in [0.2, 0.25) is 0 Å². The molecule has 0 aliphatic heterocycles. The molecule has 0 amide bonds. The average Bonchev–Trinajstić information content (AvgIpc) is 2.97. The lowest BCUT2D eigenvalue weighted by molar-refractivity contribution is 0.745. The van der Waals surface area contributed by atoms with Crippen molar-refractivity contribution in [3.63, 3.8) is 0 Å². The normalized spacial score (nSPS) is 10.8. The number of rotatable bonds is 6. The van der Waals surface area contributed by atoms with Crippen molar-refractivity contribution < 1.29 is 0 Å². The molecule has 1 heterocycles. The van der Waals surface area contributed by atoms with Gasteiger partial charge in [-0.25, -0.2) is 4.98 Å². The van der Waals surface area contributed by atoms with Crippen LogP contribution in [0.3, 0.4) is 0 Å². The van der Waals surface area contributed by atoms with Crippen molar-refractivity contribution in [3.05, 3.63) is 40.4 Å². The average molecular weight is 353 g/mol. The van der Waals surface area contributed by atoms with E-state index in [4.69, 9.17) is 23.8 Å². The molecule has 22 heavy (non-hydrogen) atoms. The van der Waals surface area contributed by atoms with Gasteiger partial charge in [0.1, 0.15) is 5.01 Å². The highest BCUT2D eigenvalue weighted by Gasteiger charge is 2.03. The van der Waals surface area contributed by atoms with E-state index in [2.05, 4.69) is 27.8 Å². The first-order chi connectivity index (χ1) is 10.7. The number of nitrogens with zero attached hydrogens (tertiary/aromatic N) is 2. The number of halogens is 1. The summed E-state index contributed by atoms with van der Waals surface area (Å²) in [5.74, 6) is 0. The number of aromatic nitrogens is 1. The van der Waals surface area contributed by atoms with Crippen LogP contribution in [-0.2, 0) is 0 Å². The van der Waals surface area contributed by atoms with Crippen LogP contribution in [0.1, 0.15) is 25.5 Å². The minimum Gasteiger partial charge on any atom is -0.361 e. The lowest BCUT2D eigenvalue weighted by Crippen LogP contribution is -2.32. The van der Waals surface area contributed by atoms with Crippen LogP contribution in [0.25, 0.3) is 10.6 Å². The van der Waals surface area contributed by atoms with Crippen molar-refractivity contribution in [2.24, 2.45) is 5.10 Å². The summed E-state index contributed by atoms with van der Waals surface area (Å²) in [6.07, 6.45) is 3.87. The lowest BCUT2D eigenvalue weighted by atomic mass is 10.2. The summed E-state index contributed by atoms with van der Waals surface area (Å²) < 4.78 is 0. The standard InChI is InChI=1S/C15H17ClN4S2/c1-2-3-8-17-15(21)20-18-9-13-10-22-14(19-13)11-4-6-12(16)7-5-11/h4-7,9-10H,2-3,8H2,1H3,(H2,17,20,21)/b18-9-. The van der Waals surface area contributed by atoms with Crippen molar-refractivity contribution in [1.29, 1.82) is 0 Å². The molecule has 0 saturated heterocycles. The molecule has 1 aromatic heterocycles. The van der Waals surface area contributed by atoms with Crippen LogP contribution < -0.4 is 10.7 Å². The Hall–Kier alpha value is -1.50. The number of hydrazone groups is 1. The number of benzene rings is 1. The van der Waals surface area contributed by atoms with Crippen molar-refractivity contribution in [3.8, 4) is 10.6 Å². The van der Waals surface area contributed by atoms with E-state index in [1.807, 2.05) is 29.6 Å². The quantitative estimate of drug-likeness (QED) is 0.356. The molecule has 0 unspecified atom stereocenters. The van der Waals surface area contributed by atoms with Gasteiger partial charge in [-0.1, -0.05) is 37.1 Å². The Labute approximate surface area is 144 Å². The Morgan fingerprint density at radius 3 is 2.91 bits per heavy atom. The summed E-state index contributed by atoms with van der Waals surface area (Å²) in [5, 5.41) is 11.3. The van der Waals surface area contributed by atoms with Gasteiger partial charge in [0.15, 0.2) is 5.11 Å². The number of nitrogens with one attached hydrogen (secondary N) is 2. The van der Waals surface area contributed by atoms with Crippen LogP contribution in [0.5, 0.6) is 0 Å². The fourth-order valence-corrected chi connectivity index (χ4v) is 2.70. The second kappa shape index (κ2) is 8.82. The summed E-state index contributed by atoms with van der Waals surface area (Å²) in [6, 6.07) is 7.61. The van der Waals surface area contributed by atoms with Crippen LogP contribution in [-0.4, -0.2) is 22.9 Å². The maximum atomic E-state index is 5.88. The number of hydrogen-bond donors (Lipinski definition) is 2. The van der Waals surface area contributed by atoms with Crippen molar-refractivity contribution in [2.45, 2.75) is 19.8 Å². The Bertz CT molecular complexity index is 637. The molecule has 2 N–H and O–H groups in total. The van der Waals surface area contributed by atoms with E-state index >= 15 is 0 Å². The van der Waals surface area contributed by atoms with Gasteiger partial charge in [-0.3, -0.25) is 5.43 Å². The van der Waals surface area contributed by atoms with Gasteiger partial charge in [0, 0.05) is 22.5 Å². The number of thiocarbonyl (C=S) groups is 1. The third kappa shape index (κ3) is 5.36. The van der Waals surface area contributed by atoms with Gasteiger partial charge < -0.3 is 5.32 Å². The molecule has 0 spiro atoms. The molecule has 0 saturated carbocycles. The fraction of sp³-hybridized carbons (Fsp3) is 0.267. The maximum Gasteiger partial charge on any atom is 0.186 e. The molecule has 116 valence electrons. The molecule has 7 heteroatoms. The van der Waals surface area contributed by atoms with E-state index in [-0.39, 0.29) is 0 Å². The topological polar surface area (TPSA) is 49.3 Å². The number of hydrogen-bond acceptors (Lipinski definition) is 4. The van der Waals surface area contributed by atoms with Gasteiger partial charge in [-0.15, -0.1) is 11.3 Å². The van der Waals surface area contributed by atoms with Crippen LogP contribution in [0.2, 0.25) is 5.02 Å². The summed E-state index contributed by atoms with van der Waals surface area (Å²) in [4.78, 5) is 4.50. The lowest BCUT2D eigenvalue weighted by Gasteiger charge is -2.04. The molecular formula is C15H17ClN4S2. The van der Waals surface area contributed by atoms with Gasteiger partial charge in [0.05, 0.1) is 11.9 Å². The number of thiazole rings is 1. The van der Waals surface area contributed by atoms with E-state index < -0.39 is 0 Å². The van der Waals surface area contributed by atoms with Crippen LogP contribution in [0.4, 0.5) is 0 Å². The number of unbranched alkanes of at least 4 members (excludes halogenated alkanes) is 1.